The number of nitrogens with one attached hydrogen (secondary N) is 2. The fourth-order valence-corrected chi connectivity index (χ4v) is 3.05. The van der Waals surface area contributed by atoms with Gasteiger partial charge in [-0.15, -0.1) is 0 Å². The average molecular weight is 332 g/mol. The lowest BCUT2D eigenvalue weighted by atomic mass is 10.3. The molecule has 0 fully saturated rings. The molecule has 8 heteroatoms. The fraction of sp³-hybridized carbons (Fsp3) is 0.0833. The number of hydrogen-bond donors (Lipinski definition) is 2. The van der Waals surface area contributed by atoms with Crippen LogP contribution in [0.15, 0.2) is 41.4 Å². The van der Waals surface area contributed by atoms with Crippen molar-refractivity contribution >= 4 is 44.7 Å². The van der Waals surface area contributed by atoms with E-state index in [2.05, 4.69) is 15.0 Å². The van der Waals surface area contributed by atoms with E-state index < -0.39 is 10.0 Å². The van der Waals surface area contributed by atoms with Gasteiger partial charge in [0, 0.05) is 18.3 Å². The molecule has 0 saturated carbocycles. The highest BCUT2D eigenvalue weighted by atomic mass is 35.5. The van der Waals surface area contributed by atoms with Crippen molar-refractivity contribution in [1.82, 2.24) is 4.98 Å². The summed E-state index contributed by atoms with van der Waals surface area (Å²) < 4.78 is 26.8. The van der Waals surface area contributed by atoms with E-state index in [1.807, 2.05) is 0 Å². The van der Waals surface area contributed by atoms with E-state index >= 15 is 0 Å². The highest BCUT2D eigenvalue weighted by Gasteiger charge is 2.16. The van der Waals surface area contributed by atoms with Gasteiger partial charge < -0.3 is 5.32 Å². The van der Waals surface area contributed by atoms with Crippen LogP contribution in [0.2, 0.25) is 10.0 Å². The zero-order chi connectivity index (χ0) is 14.8. The first kappa shape index (κ1) is 14.9. The Labute approximate surface area is 127 Å². The Hall–Kier alpha value is -1.50. The van der Waals surface area contributed by atoms with E-state index in [0.29, 0.717) is 16.5 Å². The standard InChI is InChI=1S/C12H11Cl2N3O2S/c1-15-12-11(14)6-10(7-16-12)20(18,19)17-9-4-2-3-8(13)5-9/h2-7,17H,1H3,(H,15,16). The van der Waals surface area contributed by atoms with Gasteiger partial charge in [-0.2, -0.15) is 0 Å². The fourth-order valence-electron chi connectivity index (χ4n) is 1.52. The van der Waals surface area contributed by atoms with Crippen molar-refractivity contribution in [3.05, 3.63) is 46.6 Å². The predicted molar refractivity (Wildman–Crippen MR) is 81.1 cm³/mol. The molecule has 0 saturated heterocycles. The third-order valence-electron chi connectivity index (χ3n) is 2.44. The number of sulfonamides is 1. The molecule has 0 spiro atoms. The second kappa shape index (κ2) is 5.87. The van der Waals surface area contributed by atoms with Crippen molar-refractivity contribution in [2.75, 3.05) is 17.1 Å². The van der Waals surface area contributed by atoms with Crippen LogP contribution in [0.3, 0.4) is 0 Å². The molecule has 0 bridgehead atoms. The van der Waals surface area contributed by atoms with Crippen LogP contribution in [0.4, 0.5) is 11.5 Å². The second-order valence-corrected chi connectivity index (χ2v) is 6.39. The van der Waals surface area contributed by atoms with Crippen LogP contribution in [-0.4, -0.2) is 20.4 Å². The molecule has 0 aliphatic heterocycles. The van der Waals surface area contributed by atoms with Crippen molar-refractivity contribution in [2.45, 2.75) is 4.90 Å². The minimum absolute atomic E-state index is 0.0264. The Bertz CT molecular complexity index is 735. The molecule has 2 rings (SSSR count). The molecule has 0 radical (unpaired) electrons. The van der Waals surface area contributed by atoms with Crippen LogP contribution in [0.25, 0.3) is 0 Å². The number of rotatable bonds is 4. The van der Waals surface area contributed by atoms with Crippen LogP contribution < -0.4 is 10.0 Å². The van der Waals surface area contributed by atoms with Gasteiger partial charge in [-0.05, 0) is 24.3 Å². The summed E-state index contributed by atoms with van der Waals surface area (Å²) in [4.78, 5) is 3.91. The van der Waals surface area contributed by atoms with Crippen LogP contribution >= 0.6 is 23.2 Å². The van der Waals surface area contributed by atoms with Gasteiger partial charge in [0.2, 0.25) is 0 Å². The van der Waals surface area contributed by atoms with E-state index in [-0.39, 0.29) is 9.92 Å². The van der Waals surface area contributed by atoms with E-state index in [1.165, 1.54) is 18.3 Å². The monoisotopic (exact) mass is 331 g/mol. The van der Waals surface area contributed by atoms with Crippen LogP contribution in [0.1, 0.15) is 0 Å². The molecule has 0 amide bonds. The molecule has 20 heavy (non-hydrogen) atoms. The van der Waals surface area contributed by atoms with E-state index in [0.717, 1.165) is 0 Å². The summed E-state index contributed by atoms with van der Waals surface area (Å²) in [5, 5.41) is 3.42. The third-order valence-corrected chi connectivity index (χ3v) is 4.31. The summed E-state index contributed by atoms with van der Waals surface area (Å²) in [6, 6.07) is 7.73. The van der Waals surface area contributed by atoms with Crippen molar-refractivity contribution in [3.8, 4) is 0 Å². The van der Waals surface area contributed by atoms with Crippen molar-refractivity contribution < 1.29 is 8.42 Å². The molecular weight excluding hydrogens is 321 g/mol. The SMILES string of the molecule is CNc1ncc(S(=O)(=O)Nc2cccc(Cl)c2)cc1Cl. The van der Waals surface area contributed by atoms with E-state index in [4.69, 9.17) is 23.2 Å². The summed E-state index contributed by atoms with van der Waals surface area (Å²) in [6.45, 7) is 0. The molecular formula is C12H11Cl2N3O2S. The number of aromatic nitrogens is 1. The summed E-state index contributed by atoms with van der Waals surface area (Å²) in [5.41, 5.74) is 0.367. The molecule has 0 aliphatic rings. The van der Waals surface area contributed by atoms with Gasteiger partial charge in [-0.25, -0.2) is 13.4 Å². The van der Waals surface area contributed by atoms with Gasteiger partial charge in [-0.1, -0.05) is 29.3 Å². The first-order chi connectivity index (χ1) is 9.42. The van der Waals surface area contributed by atoms with Gasteiger partial charge in [0.1, 0.15) is 10.7 Å². The number of hydrogen-bond acceptors (Lipinski definition) is 4. The van der Waals surface area contributed by atoms with Crippen molar-refractivity contribution in [2.24, 2.45) is 0 Å². The lowest BCUT2D eigenvalue weighted by molar-refractivity contribution is 0.601. The van der Waals surface area contributed by atoms with Gasteiger partial charge in [-0.3, -0.25) is 4.72 Å². The maximum atomic E-state index is 12.2. The molecule has 5 nitrogen and oxygen atoms in total. The number of anilines is 2. The molecule has 0 atom stereocenters. The quantitative estimate of drug-likeness (QED) is 0.902. The molecule has 2 N–H and O–H groups in total. The Kier molecular flexibility index (Phi) is 4.37. The van der Waals surface area contributed by atoms with Crippen LogP contribution in [0.5, 0.6) is 0 Å². The first-order valence-corrected chi connectivity index (χ1v) is 7.78. The zero-order valence-electron chi connectivity index (χ0n) is 10.4. The molecule has 1 heterocycles. The normalized spacial score (nSPS) is 11.2. The summed E-state index contributed by atoms with van der Waals surface area (Å²) in [6.07, 6.45) is 1.23. The number of benzene rings is 1. The number of nitrogens with zero attached hydrogens (tertiary/aromatic N) is 1. The third kappa shape index (κ3) is 3.33. The molecule has 1 aromatic heterocycles. The van der Waals surface area contributed by atoms with Gasteiger partial charge in [0.15, 0.2) is 0 Å². The average Bonchev–Trinajstić information content (AvgIpc) is 2.38. The highest BCUT2D eigenvalue weighted by Crippen LogP contribution is 2.24. The summed E-state index contributed by atoms with van der Waals surface area (Å²) in [5.74, 6) is 0.411. The molecule has 0 unspecified atom stereocenters. The Morgan fingerprint density at radius 2 is 1.95 bits per heavy atom. The van der Waals surface area contributed by atoms with Crippen molar-refractivity contribution in [3.63, 3.8) is 0 Å². The lowest BCUT2D eigenvalue weighted by Crippen LogP contribution is -2.13. The first-order valence-electron chi connectivity index (χ1n) is 5.54. The number of pyridine rings is 1. The molecule has 106 valence electrons. The smallest absolute Gasteiger partial charge is 0.263 e. The Balaban J connectivity index is 2.33. The van der Waals surface area contributed by atoms with E-state index in [9.17, 15) is 8.42 Å². The second-order valence-electron chi connectivity index (χ2n) is 3.87. The van der Waals surface area contributed by atoms with Crippen LogP contribution in [0, 0.1) is 0 Å². The van der Waals surface area contributed by atoms with Crippen LogP contribution in [-0.2, 0) is 10.0 Å². The van der Waals surface area contributed by atoms with E-state index in [1.54, 1.807) is 25.2 Å². The minimum Gasteiger partial charge on any atom is -0.372 e. The van der Waals surface area contributed by atoms with Gasteiger partial charge in [0.25, 0.3) is 10.0 Å². The largest absolute Gasteiger partial charge is 0.372 e. The summed E-state index contributed by atoms with van der Waals surface area (Å²) >= 11 is 11.7. The minimum atomic E-state index is -3.76. The number of halogens is 2. The van der Waals surface area contributed by atoms with Gasteiger partial charge in [0.05, 0.1) is 10.7 Å². The Morgan fingerprint density at radius 1 is 1.20 bits per heavy atom. The topological polar surface area (TPSA) is 71.1 Å². The van der Waals surface area contributed by atoms with Gasteiger partial charge >= 0.3 is 0 Å². The predicted octanol–water partition coefficient (Wildman–Crippen LogP) is 3.23. The molecule has 1 aromatic carbocycles. The molecule has 2 aromatic rings. The van der Waals surface area contributed by atoms with Crippen molar-refractivity contribution in [1.29, 1.82) is 0 Å². The zero-order valence-corrected chi connectivity index (χ0v) is 12.7. The molecule has 0 aliphatic carbocycles. The highest BCUT2D eigenvalue weighted by molar-refractivity contribution is 7.92. The lowest BCUT2D eigenvalue weighted by Gasteiger charge is -2.09. The maximum absolute atomic E-state index is 12.2. The summed E-state index contributed by atoms with van der Waals surface area (Å²) in [7, 11) is -2.12. The maximum Gasteiger partial charge on any atom is 0.263 e. The Morgan fingerprint density at radius 3 is 2.55 bits per heavy atom.